The SMILES string of the molecule is CC1C(=O)Nc2ccc(-c3cnccc3C(O)c3ccc(F)cc3)cc21. The van der Waals surface area contributed by atoms with E-state index in [9.17, 15) is 14.3 Å². The van der Waals surface area contributed by atoms with Gasteiger partial charge in [0, 0.05) is 23.6 Å². The Morgan fingerprint density at radius 1 is 1.15 bits per heavy atom. The summed E-state index contributed by atoms with van der Waals surface area (Å²) in [5.41, 5.74) is 4.67. The van der Waals surface area contributed by atoms with Crippen LogP contribution in [0.3, 0.4) is 0 Å². The van der Waals surface area contributed by atoms with Gasteiger partial charge < -0.3 is 10.4 Å². The summed E-state index contributed by atoms with van der Waals surface area (Å²) in [4.78, 5) is 16.1. The second kappa shape index (κ2) is 6.35. The van der Waals surface area contributed by atoms with Crippen molar-refractivity contribution in [1.29, 1.82) is 0 Å². The summed E-state index contributed by atoms with van der Waals surface area (Å²) in [5.74, 6) is -0.581. The monoisotopic (exact) mass is 348 g/mol. The number of aromatic nitrogens is 1. The molecule has 0 saturated heterocycles. The molecule has 3 aromatic rings. The van der Waals surface area contributed by atoms with Crippen LogP contribution in [0.5, 0.6) is 0 Å². The standard InChI is InChI=1S/C21H17FN2O2/c1-12-17-10-14(4-7-19(17)24-21(12)26)18-11-23-9-8-16(18)20(25)13-2-5-15(22)6-3-13/h2-12,20,25H,1H3,(H,24,26). The molecule has 2 N–H and O–H groups in total. The van der Waals surface area contributed by atoms with Crippen LogP contribution in [0.1, 0.15) is 35.6 Å². The minimum absolute atomic E-state index is 0.0186. The molecule has 130 valence electrons. The zero-order chi connectivity index (χ0) is 18.3. The van der Waals surface area contributed by atoms with E-state index in [-0.39, 0.29) is 17.6 Å². The summed E-state index contributed by atoms with van der Waals surface area (Å²) < 4.78 is 13.2. The smallest absolute Gasteiger partial charge is 0.231 e. The molecule has 1 amide bonds. The number of carbonyl (C=O) groups is 1. The summed E-state index contributed by atoms with van der Waals surface area (Å²) in [6.45, 7) is 1.86. The van der Waals surface area contributed by atoms with Crippen LogP contribution >= 0.6 is 0 Å². The molecule has 1 aliphatic heterocycles. The average molecular weight is 348 g/mol. The minimum atomic E-state index is -0.904. The first kappa shape index (κ1) is 16.4. The minimum Gasteiger partial charge on any atom is -0.384 e. The lowest BCUT2D eigenvalue weighted by Crippen LogP contribution is -2.08. The Balaban J connectivity index is 1.77. The Bertz CT molecular complexity index is 986. The highest BCUT2D eigenvalue weighted by Crippen LogP contribution is 2.37. The maximum atomic E-state index is 13.2. The molecule has 0 saturated carbocycles. The fourth-order valence-corrected chi connectivity index (χ4v) is 3.29. The molecule has 26 heavy (non-hydrogen) atoms. The number of rotatable bonds is 3. The fourth-order valence-electron chi connectivity index (χ4n) is 3.29. The van der Waals surface area contributed by atoms with Crippen molar-refractivity contribution in [2.24, 2.45) is 0 Å². The van der Waals surface area contributed by atoms with Crippen LogP contribution in [0, 0.1) is 5.82 Å². The largest absolute Gasteiger partial charge is 0.384 e. The third-order valence-electron chi connectivity index (χ3n) is 4.82. The normalized spacial score (nSPS) is 16.9. The van der Waals surface area contributed by atoms with Gasteiger partial charge in [-0.3, -0.25) is 9.78 Å². The quantitative estimate of drug-likeness (QED) is 0.751. The molecule has 0 fully saturated rings. The number of carbonyl (C=O) groups excluding carboxylic acids is 1. The lowest BCUT2D eigenvalue weighted by atomic mass is 9.92. The van der Waals surface area contributed by atoms with Gasteiger partial charge in [0.25, 0.3) is 0 Å². The number of hydrogen-bond donors (Lipinski definition) is 2. The van der Waals surface area contributed by atoms with E-state index in [1.54, 1.807) is 30.6 Å². The molecular formula is C21H17FN2O2. The third kappa shape index (κ3) is 2.76. The summed E-state index contributed by atoms with van der Waals surface area (Å²) in [7, 11) is 0. The number of pyridine rings is 1. The van der Waals surface area contributed by atoms with Crippen LogP contribution in [-0.2, 0) is 4.79 Å². The predicted octanol–water partition coefficient (Wildman–Crippen LogP) is 4.03. The zero-order valence-corrected chi connectivity index (χ0v) is 14.1. The van der Waals surface area contributed by atoms with Gasteiger partial charge in [0.15, 0.2) is 0 Å². The van der Waals surface area contributed by atoms with Crippen molar-refractivity contribution in [2.45, 2.75) is 18.9 Å². The van der Waals surface area contributed by atoms with Crippen molar-refractivity contribution in [1.82, 2.24) is 4.98 Å². The van der Waals surface area contributed by atoms with Gasteiger partial charge in [-0.1, -0.05) is 18.2 Å². The van der Waals surface area contributed by atoms with Gasteiger partial charge >= 0.3 is 0 Å². The highest BCUT2D eigenvalue weighted by molar-refractivity contribution is 6.03. The molecule has 1 aliphatic rings. The second-order valence-electron chi connectivity index (χ2n) is 6.43. The highest BCUT2D eigenvalue weighted by atomic mass is 19.1. The Kier molecular flexibility index (Phi) is 4.01. The van der Waals surface area contributed by atoms with Crippen molar-refractivity contribution in [2.75, 3.05) is 5.32 Å². The number of amides is 1. The van der Waals surface area contributed by atoms with Crippen LogP contribution < -0.4 is 5.32 Å². The van der Waals surface area contributed by atoms with E-state index in [4.69, 9.17) is 0 Å². The molecule has 2 atom stereocenters. The molecule has 0 radical (unpaired) electrons. The van der Waals surface area contributed by atoms with Crippen molar-refractivity contribution >= 4 is 11.6 Å². The number of nitrogens with one attached hydrogen (secondary N) is 1. The van der Waals surface area contributed by atoms with Gasteiger partial charge in [0.2, 0.25) is 5.91 Å². The summed E-state index contributed by atoms with van der Waals surface area (Å²) in [6.07, 6.45) is 2.41. The van der Waals surface area contributed by atoms with Crippen molar-refractivity contribution < 1.29 is 14.3 Å². The molecule has 5 heteroatoms. The number of aliphatic hydroxyl groups excluding tert-OH is 1. The van der Waals surface area contributed by atoms with Gasteiger partial charge in [-0.15, -0.1) is 0 Å². The Labute approximate surface area is 150 Å². The number of hydrogen-bond acceptors (Lipinski definition) is 3. The summed E-state index contributed by atoms with van der Waals surface area (Å²) in [6, 6.07) is 13.3. The van der Waals surface area contributed by atoms with Crippen molar-refractivity contribution in [3.63, 3.8) is 0 Å². The maximum absolute atomic E-state index is 13.2. The molecule has 2 aromatic carbocycles. The molecule has 0 aliphatic carbocycles. The topological polar surface area (TPSA) is 62.2 Å². The van der Waals surface area contributed by atoms with Crippen molar-refractivity contribution in [3.8, 4) is 11.1 Å². The van der Waals surface area contributed by atoms with E-state index >= 15 is 0 Å². The van der Waals surface area contributed by atoms with E-state index in [0.717, 1.165) is 22.4 Å². The Hall–Kier alpha value is -3.05. The molecule has 0 bridgehead atoms. The first-order valence-electron chi connectivity index (χ1n) is 8.37. The predicted molar refractivity (Wildman–Crippen MR) is 97.2 cm³/mol. The van der Waals surface area contributed by atoms with Crippen LogP contribution in [0.15, 0.2) is 60.9 Å². The Morgan fingerprint density at radius 2 is 1.92 bits per heavy atom. The molecule has 2 unspecified atom stereocenters. The molecule has 0 spiro atoms. The molecule has 1 aromatic heterocycles. The molecule has 2 heterocycles. The van der Waals surface area contributed by atoms with Gasteiger partial charge in [-0.05, 0) is 59.5 Å². The van der Waals surface area contributed by atoms with Crippen LogP contribution in [0.25, 0.3) is 11.1 Å². The second-order valence-corrected chi connectivity index (χ2v) is 6.43. The van der Waals surface area contributed by atoms with E-state index in [1.165, 1.54) is 12.1 Å². The number of nitrogens with zero attached hydrogens (tertiary/aromatic N) is 1. The first-order valence-corrected chi connectivity index (χ1v) is 8.37. The van der Waals surface area contributed by atoms with Gasteiger partial charge in [0.1, 0.15) is 11.9 Å². The van der Waals surface area contributed by atoms with Gasteiger partial charge in [-0.2, -0.15) is 0 Å². The maximum Gasteiger partial charge on any atom is 0.231 e. The zero-order valence-electron chi connectivity index (χ0n) is 14.1. The number of aliphatic hydroxyl groups is 1. The third-order valence-corrected chi connectivity index (χ3v) is 4.82. The van der Waals surface area contributed by atoms with Crippen LogP contribution in [0.2, 0.25) is 0 Å². The molecule has 4 rings (SSSR count). The van der Waals surface area contributed by atoms with Crippen molar-refractivity contribution in [3.05, 3.63) is 83.4 Å². The van der Waals surface area contributed by atoms with E-state index in [2.05, 4.69) is 10.3 Å². The summed E-state index contributed by atoms with van der Waals surface area (Å²) in [5, 5.41) is 13.7. The molecular weight excluding hydrogens is 331 g/mol. The van der Waals surface area contributed by atoms with Gasteiger partial charge in [0.05, 0.1) is 5.92 Å². The van der Waals surface area contributed by atoms with Crippen LogP contribution in [0.4, 0.5) is 10.1 Å². The lowest BCUT2D eigenvalue weighted by molar-refractivity contribution is -0.116. The molecule has 4 nitrogen and oxygen atoms in total. The number of anilines is 1. The van der Waals surface area contributed by atoms with Gasteiger partial charge in [-0.25, -0.2) is 4.39 Å². The van der Waals surface area contributed by atoms with E-state index in [1.807, 2.05) is 25.1 Å². The number of fused-ring (bicyclic) bond motifs is 1. The number of halogens is 1. The highest BCUT2D eigenvalue weighted by Gasteiger charge is 2.27. The summed E-state index contributed by atoms with van der Waals surface area (Å²) >= 11 is 0. The first-order chi connectivity index (χ1) is 12.5. The lowest BCUT2D eigenvalue weighted by Gasteiger charge is -2.16. The van der Waals surface area contributed by atoms with E-state index in [0.29, 0.717) is 11.1 Å². The number of benzene rings is 2. The van der Waals surface area contributed by atoms with E-state index < -0.39 is 6.10 Å². The fraction of sp³-hybridized carbons (Fsp3) is 0.143. The Morgan fingerprint density at radius 3 is 2.69 bits per heavy atom. The average Bonchev–Trinajstić information content (AvgIpc) is 2.95. The van der Waals surface area contributed by atoms with Crippen LogP contribution in [-0.4, -0.2) is 16.0 Å².